The fourth-order valence-corrected chi connectivity index (χ4v) is 6.64. The summed E-state index contributed by atoms with van der Waals surface area (Å²) in [7, 11) is 0. The van der Waals surface area contributed by atoms with E-state index in [-0.39, 0.29) is 24.6 Å². The quantitative estimate of drug-likeness (QED) is 0.0387. The van der Waals surface area contributed by atoms with Crippen molar-refractivity contribution in [1.29, 1.82) is 0 Å². The lowest BCUT2D eigenvalue weighted by molar-refractivity contribution is -0.150. The lowest BCUT2D eigenvalue weighted by atomic mass is 10.0. The average Bonchev–Trinajstić information content (AvgIpc) is 3.13. The van der Waals surface area contributed by atoms with Gasteiger partial charge in [-0.1, -0.05) is 142 Å². The standard InChI is InChI=1S/C45H85NO5/c1-4-7-10-13-16-25-32-42-50-44(48)36-28-21-17-23-30-38-46(40-33-41-47)39-31-24-18-22-29-37-45(49)51-43(34-26-19-14-11-8-5-2)35-27-20-15-12-9-6-3/h43,47H,4-15,17-24,26-42H2,1-3H3. The summed E-state index contributed by atoms with van der Waals surface area (Å²) in [6.45, 7) is 10.5. The topological polar surface area (TPSA) is 76.1 Å². The number of carbonyl (C=O) groups excluding carboxylic acids is 2. The van der Waals surface area contributed by atoms with Gasteiger partial charge in [-0.2, -0.15) is 0 Å². The van der Waals surface area contributed by atoms with E-state index in [9.17, 15) is 14.7 Å². The Morgan fingerprint density at radius 2 is 0.941 bits per heavy atom. The minimum Gasteiger partial charge on any atom is -0.465 e. The fourth-order valence-electron chi connectivity index (χ4n) is 6.64. The Morgan fingerprint density at radius 1 is 0.510 bits per heavy atom. The van der Waals surface area contributed by atoms with Gasteiger partial charge in [0.2, 0.25) is 0 Å². The first-order valence-electron chi connectivity index (χ1n) is 22.2. The fraction of sp³-hybridized carbons (Fsp3) is 0.911. The van der Waals surface area contributed by atoms with E-state index in [4.69, 9.17) is 9.47 Å². The van der Waals surface area contributed by atoms with Gasteiger partial charge in [0.05, 0.1) is 0 Å². The zero-order valence-corrected chi connectivity index (χ0v) is 34.3. The summed E-state index contributed by atoms with van der Waals surface area (Å²) in [6, 6.07) is 0. The Kier molecular flexibility index (Phi) is 39.9. The van der Waals surface area contributed by atoms with E-state index < -0.39 is 0 Å². The van der Waals surface area contributed by atoms with E-state index in [1.165, 1.54) is 109 Å². The maximum atomic E-state index is 12.7. The molecule has 0 saturated carbocycles. The SMILES string of the molecule is CCCCCC#CCCOC(=O)CCCCCCCN(CCCO)CCCCCCCC(=O)OC(CCCCCCCC)CCCCCCCC. The molecule has 0 aliphatic rings. The summed E-state index contributed by atoms with van der Waals surface area (Å²) in [5.74, 6) is 6.18. The second kappa shape index (κ2) is 41.2. The molecule has 1 N–H and O–H groups in total. The molecule has 0 aliphatic carbocycles. The van der Waals surface area contributed by atoms with Crippen molar-refractivity contribution < 1.29 is 24.2 Å². The summed E-state index contributed by atoms with van der Waals surface area (Å²) in [5, 5.41) is 9.37. The van der Waals surface area contributed by atoms with Gasteiger partial charge in [-0.3, -0.25) is 9.59 Å². The van der Waals surface area contributed by atoms with Gasteiger partial charge in [-0.25, -0.2) is 0 Å². The molecule has 0 aliphatic heterocycles. The summed E-state index contributed by atoms with van der Waals surface area (Å²) in [6.07, 6.45) is 35.6. The second-order valence-electron chi connectivity index (χ2n) is 15.0. The lowest BCUT2D eigenvalue weighted by Gasteiger charge is -2.22. The largest absolute Gasteiger partial charge is 0.465 e. The first-order chi connectivity index (χ1) is 25.1. The number of unbranched alkanes of at least 4 members (excludes halogenated alkanes) is 21. The van der Waals surface area contributed by atoms with Crippen molar-refractivity contribution in [2.45, 2.75) is 232 Å². The van der Waals surface area contributed by atoms with Crippen LogP contribution < -0.4 is 0 Å². The Hall–Kier alpha value is -1.58. The van der Waals surface area contributed by atoms with Gasteiger partial charge in [-0.05, 0) is 77.3 Å². The van der Waals surface area contributed by atoms with E-state index in [1.807, 2.05) is 0 Å². The summed E-state index contributed by atoms with van der Waals surface area (Å²) in [4.78, 5) is 27.2. The summed E-state index contributed by atoms with van der Waals surface area (Å²) in [5.41, 5.74) is 0. The zero-order chi connectivity index (χ0) is 37.3. The average molecular weight is 720 g/mol. The van der Waals surface area contributed by atoms with Crippen molar-refractivity contribution >= 4 is 11.9 Å². The monoisotopic (exact) mass is 720 g/mol. The molecule has 0 saturated heterocycles. The van der Waals surface area contributed by atoms with Gasteiger partial charge in [-0.15, -0.1) is 5.92 Å². The molecular weight excluding hydrogens is 634 g/mol. The number of rotatable bonds is 39. The van der Waals surface area contributed by atoms with Crippen LogP contribution in [0.3, 0.4) is 0 Å². The highest BCUT2D eigenvalue weighted by Crippen LogP contribution is 2.18. The maximum absolute atomic E-state index is 12.7. The van der Waals surface area contributed by atoms with E-state index in [0.717, 1.165) is 96.7 Å². The molecule has 0 aromatic rings. The lowest BCUT2D eigenvalue weighted by Crippen LogP contribution is -2.27. The van der Waals surface area contributed by atoms with Crippen LogP contribution in [-0.4, -0.2) is 60.9 Å². The highest BCUT2D eigenvalue weighted by Gasteiger charge is 2.14. The highest BCUT2D eigenvalue weighted by atomic mass is 16.5. The molecule has 0 rings (SSSR count). The van der Waals surface area contributed by atoms with E-state index in [0.29, 0.717) is 25.9 Å². The minimum atomic E-state index is -0.0934. The number of carbonyl (C=O) groups is 2. The van der Waals surface area contributed by atoms with Gasteiger partial charge in [0.15, 0.2) is 0 Å². The van der Waals surface area contributed by atoms with E-state index in [2.05, 4.69) is 37.5 Å². The Bertz CT molecular complexity index is 790. The number of aliphatic hydroxyl groups excluding tert-OH is 1. The normalized spacial score (nSPS) is 11.3. The highest BCUT2D eigenvalue weighted by molar-refractivity contribution is 5.69. The molecule has 0 bridgehead atoms. The smallest absolute Gasteiger partial charge is 0.306 e. The maximum Gasteiger partial charge on any atom is 0.306 e. The van der Waals surface area contributed by atoms with Crippen molar-refractivity contribution in [1.82, 2.24) is 4.90 Å². The number of ether oxygens (including phenoxy) is 2. The third-order valence-electron chi connectivity index (χ3n) is 9.92. The number of hydrogen-bond donors (Lipinski definition) is 1. The predicted molar refractivity (Wildman–Crippen MR) is 217 cm³/mol. The van der Waals surface area contributed by atoms with Crippen molar-refractivity contribution in [2.75, 3.05) is 32.8 Å². The van der Waals surface area contributed by atoms with Crippen molar-refractivity contribution in [3.05, 3.63) is 0 Å². The Labute approximate surface area is 317 Å². The molecule has 51 heavy (non-hydrogen) atoms. The van der Waals surface area contributed by atoms with Crippen LogP contribution in [0.25, 0.3) is 0 Å². The second-order valence-corrected chi connectivity index (χ2v) is 15.0. The number of esters is 2. The molecule has 6 heteroatoms. The van der Waals surface area contributed by atoms with Gasteiger partial charge < -0.3 is 19.5 Å². The van der Waals surface area contributed by atoms with Crippen LogP contribution >= 0.6 is 0 Å². The third kappa shape index (κ3) is 38.0. The molecule has 0 atom stereocenters. The zero-order valence-electron chi connectivity index (χ0n) is 34.3. The number of aliphatic hydroxyl groups is 1. The number of hydrogen-bond acceptors (Lipinski definition) is 6. The van der Waals surface area contributed by atoms with Crippen LogP contribution in [0.1, 0.15) is 226 Å². The van der Waals surface area contributed by atoms with Crippen LogP contribution in [0.5, 0.6) is 0 Å². The molecular formula is C45H85NO5. The molecule has 0 aromatic carbocycles. The summed E-state index contributed by atoms with van der Waals surface area (Å²) < 4.78 is 11.3. The van der Waals surface area contributed by atoms with Crippen molar-refractivity contribution in [3.63, 3.8) is 0 Å². The predicted octanol–water partition coefficient (Wildman–Crippen LogP) is 12.3. The van der Waals surface area contributed by atoms with Crippen LogP contribution in [0.4, 0.5) is 0 Å². The molecule has 0 spiro atoms. The molecule has 0 amide bonds. The van der Waals surface area contributed by atoms with Gasteiger partial charge >= 0.3 is 11.9 Å². The molecule has 6 nitrogen and oxygen atoms in total. The van der Waals surface area contributed by atoms with Crippen LogP contribution in [0.15, 0.2) is 0 Å². The van der Waals surface area contributed by atoms with Crippen LogP contribution in [-0.2, 0) is 19.1 Å². The van der Waals surface area contributed by atoms with Crippen molar-refractivity contribution in [3.8, 4) is 11.8 Å². The number of nitrogens with zero attached hydrogens (tertiary/aromatic N) is 1. The minimum absolute atomic E-state index is 0.0150. The molecule has 300 valence electrons. The van der Waals surface area contributed by atoms with Gasteiger partial charge in [0, 0.05) is 38.8 Å². The van der Waals surface area contributed by atoms with E-state index >= 15 is 0 Å². The molecule has 0 heterocycles. The molecule has 0 radical (unpaired) electrons. The molecule has 0 unspecified atom stereocenters. The van der Waals surface area contributed by atoms with Crippen LogP contribution in [0.2, 0.25) is 0 Å². The van der Waals surface area contributed by atoms with E-state index in [1.54, 1.807) is 0 Å². The van der Waals surface area contributed by atoms with Crippen LogP contribution in [0, 0.1) is 11.8 Å². The summed E-state index contributed by atoms with van der Waals surface area (Å²) >= 11 is 0. The third-order valence-corrected chi connectivity index (χ3v) is 9.92. The van der Waals surface area contributed by atoms with Gasteiger partial charge in [0.25, 0.3) is 0 Å². The Balaban J connectivity index is 4.06. The van der Waals surface area contributed by atoms with Gasteiger partial charge in [0.1, 0.15) is 12.7 Å². The molecule has 0 fully saturated rings. The first-order valence-corrected chi connectivity index (χ1v) is 22.2. The molecule has 0 aromatic heterocycles. The first kappa shape index (κ1) is 49.4. The van der Waals surface area contributed by atoms with Crippen molar-refractivity contribution in [2.24, 2.45) is 0 Å². The Morgan fingerprint density at radius 3 is 1.49 bits per heavy atom.